The summed E-state index contributed by atoms with van der Waals surface area (Å²) < 4.78 is 19.0. The first-order valence-electron chi connectivity index (χ1n) is 11.7. The average molecular weight is 476 g/mol. The largest absolute Gasteiger partial charge is 0.489 e. The summed E-state index contributed by atoms with van der Waals surface area (Å²) in [7, 11) is 0. The average Bonchev–Trinajstić information content (AvgIpc) is 3.25. The van der Waals surface area contributed by atoms with Crippen LogP contribution in [0.5, 0.6) is 5.75 Å². The maximum Gasteiger partial charge on any atom is 0.145 e. The summed E-state index contributed by atoms with van der Waals surface area (Å²) in [5.74, 6) is 1.93. The molecule has 2 unspecified atom stereocenters. The molecule has 34 heavy (non-hydrogen) atoms. The summed E-state index contributed by atoms with van der Waals surface area (Å²) in [6, 6.07) is 10.4. The summed E-state index contributed by atoms with van der Waals surface area (Å²) in [5.41, 5.74) is 5.80. The number of nitrogens with zero attached hydrogens (tertiary/aromatic N) is 4. The summed E-state index contributed by atoms with van der Waals surface area (Å²) in [6.07, 6.45) is 3.46. The lowest BCUT2D eigenvalue weighted by atomic mass is 9.98. The third-order valence-electron chi connectivity index (χ3n) is 7.05. The third kappa shape index (κ3) is 3.55. The Kier molecular flexibility index (Phi) is 4.82. The van der Waals surface area contributed by atoms with Gasteiger partial charge < -0.3 is 24.4 Å². The zero-order valence-corrected chi connectivity index (χ0v) is 19.6. The Balaban J connectivity index is 1.29. The van der Waals surface area contributed by atoms with Gasteiger partial charge in [-0.2, -0.15) is 0 Å². The van der Waals surface area contributed by atoms with Crippen LogP contribution in [0, 0.1) is 5.92 Å². The minimum absolute atomic E-state index is 0.0342. The van der Waals surface area contributed by atoms with Gasteiger partial charge in [0.25, 0.3) is 0 Å². The maximum absolute atomic E-state index is 6.57. The molecule has 1 N–H and O–H groups in total. The van der Waals surface area contributed by atoms with Crippen LogP contribution in [-0.4, -0.2) is 59.6 Å². The lowest BCUT2D eigenvalue weighted by Gasteiger charge is -2.48. The van der Waals surface area contributed by atoms with Gasteiger partial charge >= 0.3 is 0 Å². The van der Waals surface area contributed by atoms with E-state index in [0.29, 0.717) is 18.1 Å². The topological polar surface area (TPSA) is 81.6 Å². The van der Waals surface area contributed by atoms with Gasteiger partial charge in [0, 0.05) is 42.9 Å². The Labute approximate surface area is 200 Å². The quantitative estimate of drug-likeness (QED) is 0.440. The first-order valence-corrected chi connectivity index (χ1v) is 12.6. The number of anilines is 3. The van der Waals surface area contributed by atoms with Crippen LogP contribution in [0.1, 0.15) is 13.3 Å². The molecule has 4 aliphatic rings. The molecule has 2 bridgehead atoms. The highest BCUT2D eigenvalue weighted by Gasteiger charge is 2.38. The molecule has 3 atom stereocenters. The zero-order valence-electron chi connectivity index (χ0n) is 18.8. The van der Waals surface area contributed by atoms with E-state index in [4.69, 9.17) is 14.2 Å². The number of morpholine rings is 1. The Bertz CT molecular complexity index is 1360. The lowest BCUT2D eigenvalue weighted by molar-refractivity contribution is -0.133. The Morgan fingerprint density at radius 1 is 1.09 bits per heavy atom. The molecule has 0 aliphatic carbocycles. The number of rotatable bonds is 6. The molecule has 4 aromatic rings. The monoisotopic (exact) mass is 475 g/mol. The number of thiazole rings is 1. The van der Waals surface area contributed by atoms with E-state index in [9.17, 15) is 0 Å². The van der Waals surface area contributed by atoms with Crippen molar-refractivity contribution in [1.82, 2.24) is 15.0 Å². The number of nitrogens with one attached hydrogen (secondary N) is 1. The van der Waals surface area contributed by atoms with Crippen molar-refractivity contribution in [2.45, 2.75) is 31.7 Å². The van der Waals surface area contributed by atoms with E-state index in [1.807, 2.05) is 17.6 Å². The molecular formula is C25H25N5O3S. The molecule has 8 nitrogen and oxygen atoms in total. The Morgan fingerprint density at radius 3 is 2.74 bits per heavy atom. The fraction of sp³-hybridized carbons (Fsp3) is 0.400. The summed E-state index contributed by atoms with van der Waals surface area (Å²) >= 11 is 1.62. The first kappa shape index (κ1) is 20.4. The first-order chi connectivity index (χ1) is 16.7. The molecule has 2 aromatic heterocycles. The zero-order chi connectivity index (χ0) is 22.6. The van der Waals surface area contributed by atoms with E-state index < -0.39 is 0 Å². The summed E-state index contributed by atoms with van der Waals surface area (Å²) in [5, 5.41) is 4.39. The van der Waals surface area contributed by atoms with Crippen LogP contribution >= 0.6 is 11.3 Å². The van der Waals surface area contributed by atoms with Gasteiger partial charge in [-0.1, -0.05) is 0 Å². The van der Waals surface area contributed by atoms with Crippen LogP contribution in [0.25, 0.3) is 21.1 Å². The van der Waals surface area contributed by atoms with Crippen molar-refractivity contribution in [1.29, 1.82) is 0 Å². The number of aromatic nitrogens is 3. The SMILES string of the molecule is C[C@@H](Oc1cc(N2CC3CC(C2)O3)cc2ncnc(Nc3ccc4ncsc4c3)c12)C1COC1. The molecule has 0 radical (unpaired) electrons. The van der Waals surface area contributed by atoms with Crippen molar-refractivity contribution in [3.05, 3.63) is 42.2 Å². The highest BCUT2D eigenvalue weighted by atomic mass is 32.1. The van der Waals surface area contributed by atoms with E-state index in [1.165, 1.54) is 0 Å². The number of benzene rings is 2. The second kappa shape index (κ2) is 8.04. The van der Waals surface area contributed by atoms with Gasteiger partial charge in [0.1, 0.15) is 24.0 Å². The molecular weight excluding hydrogens is 450 g/mol. The minimum Gasteiger partial charge on any atom is -0.489 e. The van der Waals surface area contributed by atoms with Crippen LogP contribution in [0.15, 0.2) is 42.2 Å². The van der Waals surface area contributed by atoms with Gasteiger partial charge in [0.05, 0.1) is 52.1 Å². The smallest absolute Gasteiger partial charge is 0.145 e. The van der Waals surface area contributed by atoms with E-state index in [1.54, 1.807) is 17.7 Å². The van der Waals surface area contributed by atoms with Crippen molar-refractivity contribution in [3.8, 4) is 5.75 Å². The predicted molar refractivity (Wildman–Crippen MR) is 132 cm³/mol. The second-order valence-electron chi connectivity index (χ2n) is 9.36. The highest BCUT2D eigenvalue weighted by Crippen LogP contribution is 2.39. The Morgan fingerprint density at radius 2 is 1.94 bits per heavy atom. The molecule has 0 amide bonds. The number of fused-ring (bicyclic) bond motifs is 4. The van der Waals surface area contributed by atoms with Crippen LogP contribution in [0.4, 0.5) is 17.2 Å². The van der Waals surface area contributed by atoms with Crippen molar-refractivity contribution in [3.63, 3.8) is 0 Å². The van der Waals surface area contributed by atoms with Gasteiger partial charge in [-0.15, -0.1) is 11.3 Å². The number of hydrogen-bond acceptors (Lipinski definition) is 9. The molecule has 6 heterocycles. The van der Waals surface area contributed by atoms with Gasteiger partial charge in [-0.3, -0.25) is 0 Å². The van der Waals surface area contributed by atoms with Crippen LogP contribution in [0.3, 0.4) is 0 Å². The molecule has 4 saturated heterocycles. The molecule has 0 spiro atoms. The van der Waals surface area contributed by atoms with Crippen molar-refractivity contribution in [2.75, 3.05) is 36.5 Å². The molecule has 0 saturated carbocycles. The van der Waals surface area contributed by atoms with E-state index in [0.717, 1.165) is 76.8 Å². The molecule has 4 aliphatic heterocycles. The minimum atomic E-state index is 0.0342. The molecule has 8 rings (SSSR count). The lowest BCUT2D eigenvalue weighted by Crippen LogP contribution is -2.57. The Hall–Kier alpha value is -3.01. The molecule has 9 heteroatoms. The molecule has 4 fully saturated rings. The van der Waals surface area contributed by atoms with Crippen LogP contribution in [-0.2, 0) is 9.47 Å². The number of ether oxygens (including phenoxy) is 3. The summed E-state index contributed by atoms with van der Waals surface area (Å²) in [6.45, 7) is 5.39. The molecule has 2 aromatic carbocycles. The highest BCUT2D eigenvalue weighted by molar-refractivity contribution is 7.16. The van der Waals surface area contributed by atoms with Gasteiger partial charge in [0.15, 0.2) is 0 Å². The van der Waals surface area contributed by atoms with Crippen molar-refractivity contribution < 1.29 is 14.2 Å². The third-order valence-corrected chi connectivity index (χ3v) is 7.84. The molecule has 174 valence electrons. The van der Waals surface area contributed by atoms with E-state index in [2.05, 4.69) is 50.3 Å². The van der Waals surface area contributed by atoms with Crippen LogP contribution < -0.4 is 15.0 Å². The predicted octanol–water partition coefficient (Wildman–Crippen LogP) is 4.37. The van der Waals surface area contributed by atoms with Gasteiger partial charge in [-0.05, 0) is 31.2 Å². The number of piperidine rings is 1. The van der Waals surface area contributed by atoms with Crippen molar-refractivity contribution in [2.24, 2.45) is 5.92 Å². The van der Waals surface area contributed by atoms with E-state index in [-0.39, 0.29) is 6.10 Å². The normalized spacial score (nSPS) is 22.9. The maximum atomic E-state index is 6.57. The fourth-order valence-corrected chi connectivity index (χ4v) is 5.68. The van der Waals surface area contributed by atoms with Crippen LogP contribution in [0.2, 0.25) is 0 Å². The number of hydrogen-bond donors (Lipinski definition) is 1. The summed E-state index contributed by atoms with van der Waals surface area (Å²) in [4.78, 5) is 16.0. The van der Waals surface area contributed by atoms with E-state index >= 15 is 0 Å². The van der Waals surface area contributed by atoms with Gasteiger partial charge in [0.2, 0.25) is 0 Å². The fourth-order valence-electron chi connectivity index (χ4n) is 4.97. The second-order valence-corrected chi connectivity index (χ2v) is 10.2. The van der Waals surface area contributed by atoms with Crippen molar-refractivity contribution >= 4 is 49.6 Å². The standard InChI is InChI=1S/C25H25N5O3S/c1-14(15-10-31-11-15)32-22-6-17(30-8-18-7-19(9-30)33-18)5-21-24(22)25(27-12-26-21)29-16-2-3-20-23(4-16)34-13-28-20/h2-6,12-15,18-19H,7-11H2,1H3,(H,26,27,29)/t14-,18?,19?/m1/s1. The van der Waals surface area contributed by atoms with Gasteiger partial charge in [-0.25, -0.2) is 15.0 Å².